The number of pyridine rings is 1. The zero-order chi connectivity index (χ0) is 33.4. The Morgan fingerprint density at radius 2 is 1.12 bits per heavy atom. The molecule has 236 valence electrons. The molecular weight excluding hydrogens is 627 g/mol. The molecule has 0 atom stereocenters. The molecule has 0 amide bonds. The van der Waals surface area contributed by atoms with E-state index in [1.54, 1.807) is 11.3 Å². The number of thiophene rings is 1. The SMILES string of the molecule is CC1(C)c2ccccc2-c2ccc(-c3nc(-c4ccccc4)cc(-c4cccc(-c5nc6sc7ccccc7c6c6ccccc56)c4)n3)cc21. The van der Waals surface area contributed by atoms with Gasteiger partial charge in [0.2, 0.25) is 0 Å². The third kappa shape index (κ3) is 4.45. The lowest BCUT2D eigenvalue weighted by Gasteiger charge is -2.21. The van der Waals surface area contributed by atoms with E-state index in [-0.39, 0.29) is 5.41 Å². The quantitative estimate of drug-likeness (QED) is 0.189. The van der Waals surface area contributed by atoms with Crippen molar-refractivity contribution in [1.29, 1.82) is 0 Å². The number of benzene rings is 6. The molecule has 0 saturated carbocycles. The summed E-state index contributed by atoms with van der Waals surface area (Å²) in [7, 11) is 0. The van der Waals surface area contributed by atoms with E-state index in [4.69, 9.17) is 15.0 Å². The molecule has 50 heavy (non-hydrogen) atoms. The summed E-state index contributed by atoms with van der Waals surface area (Å²) in [5.41, 5.74) is 12.1. The number of nitrogens with zero attached hydrogens (tertiary/aromatic N) is 3. The zero-order valence-corrected chi connectivity index (χ0v) is 28.5. The predicted octanol–water partition coefficient (Wildman–Crippen LogP) is 12.4. The number of fused-ring (bicyclic) bond motifs is 8. The fourth-order valence-corrected chi connectivity index (χ4v) is 8.91. The standard InChI is InChI=1S/C46H31N3S/c1-46(2)37-21-10-8-17-32(37)33-24-23-31(26-38(33)46)44-47-39(28-13-4-3-5-14-28)27-40(48-44)29-15-12-16-30(25-29)43-35-19-7-6-18-34(35)42-36-20-9-11-22-41(36)50-45(42)49-43/h3-27H,1-2H3. The predicted molar refractivity (Wildman–Crippen MR) is 210 cm³/mol. The highest BCUT2D eigenvalue weighted by Gasteiger charge is 2.35. The Balaban J connectivity index is 1.14. The molecule has 3 nitrogen and oxygen atoms in total. The van der Waals surface area contributed by atoms with Crippen LogP contribution >= 0.6 is 11.3 Å². The van der Waals surface area contributed by atoms with Gasteiger partial charge in [0, 0.05) is 48.5 Å². The number of hydrogen-bond donors (Lipinski definition) is 0. The van der Waals surface area contributed by atoms with E-state index in [1.807, 2.05) is 6.07 Å². The van der Waals surface area contributed by atoms with Crippen molar-refractivity contribution in [2.24, 2.45) is 0 Å². The molecule has 0 aliphatic heterocycles. The highest BCUT2D eigenvalue weighted by atomic mass is 32.1. The third-order valence-corrected chi connectivity index (χ3v) is 11.4. The summed E-state index contributed by atoms with van der Waals surface area (Å²) in [6.07, 6.45) is 0. The van der Waals surface area contributed by atoms with E-state index >= 15 is 0 Å². The summed E-state index contributed by atoms with van der Waals surface area (Å²) in [6, 6.07) is 53.9. The Morgan fingerprint density at radius 3 is 1.98 bits per heavy atom. The van der Waals surface area contributed by atoms with Crippen LogP contribution in [0.2, 0.25) is 0 Å². The molecule has 1 aliphatic carbocycles. The lowest BCUT2D eigenvalue weighted by Crippen LogP contribution is -2.15. The molecule has 3 aromatic heterocycles. The minimum absolute atomic E-state index is 0.110. The lowest BCUT2D eigenvalue weighted by molar-refractivity contribution is 0.660. The van der Waals surface area contributed by atoms with Crippen LogP contribution in [0.4, 0.5) is 0 Å². The van der Waals surface area contributed by atoms with Gasteiger partial charge in [0.1, 0.15) is 4.83 Å². The number of rotatable bonds is 4. The van der Waals surface area contributed by atoms with E-state index < -0.39 is 0 Å². The van der Waals surface area contributed by atoms with Gasteiger partial charge in [0.15, 0.2) is 5.82 Å². The van der Waals surface area contributed by atoms with E-state index in [2.05, 4.69) is 159 Å². The van der Waals surface area contributed by atoms with Crippen LogP contribution in [0.1, 0.15) is 25.0 Å². The van der Waals surface area contributed by atoms with Gasteiger partial charge < -0.3 is 0 Å². The molecule has 1 aliphatic rings. The van der Waals surface area contributed by atoms with Gasteiger partial charge in [-0.05, 0) is 51.9 Å². The maximum Gasteiger partial charge on any atom is 0.160 e. The molecule has 0 N–H and O–H groups in total. The first-order valence-corrected chi connectivity index (χ1v) is 17.8. The molecule has 0 radical (unpaired) electrons. The highest BCUT2D eigenvalue weighted by molar-refractivity contribution is 7.25. The van der Waals surface area contributed by atoms with Crippen molar-refractivity contribution in [3.8, 4) is 56.3 Å². The zero-order valence-electron chi connectivity index (χ0n) is 27.7. The molecule has 0 spiro atoms. The molecular formula is C46H31N3S. The van der Waals surface area contributed by atoms with Gasteiger partial charge in [0.25, 0.3) is 0 Å². The Bertz CT molecular complexity index is 2790. The lowest BCUT2D eigenvalue weighted by atomic mass is 9.82. The van der Waals surface area contributed by atoms with Gasteiger partial charge >= 0.3 is 0 Å². The van der Waals surface area contributed by atoms with Crippen molar-refractivity contribution >= 4 is 42.4 Å². The molecule has 6 aromatic carbocycles. The van der Waals surface area contributed by atoms with Crippen LogP contribution in [-0.2, 0) is 5.41 Å². The van der Waals surface area contributed by atoms with Crippen molar-refractivity contribution < 1.29 is 0 Å². The fraction of sp³-hybridized carbons (Fsp3) is 0.0652. The summed E-state index contributed by atoms with van der Waals surface area (Å²) in [4.78, 5) is 16.8. The largest absolute Gasteiger partial charge is 0.236 e. The first-order chi connectivity index (χ1) is 24.5. The van der Waals surface area contributed by atoms with Crippen LogP contribution in [-0.4, -0.2) is 15.0 Å². The average molecular weight is 658 g/mol. The van der Waals surface area contributed by atoms with E-state index in [9.17, 15) is 0 Å². The van der Waals surface area contributed by atoms with Crippen molar-refractivity contribution in [3.05, 3.63) is 163 Å². The van der Waals surface area contributed by atoms with Crippen molar-refractivity contribution in [2.45, 2.75) is 19.3 Å². The van der Waals surface area contributed by atoms with Gasteiger partial charge in [0.05, 0.1) is 17.1 Å². The van der Waals surface area contributed by atoms with Crippen LogP contribution in [0.3, 0.4) is 0 Å². The van der Waals surface area contributed by atoms with Crippen LogP contribution in [0.15, 0.2) is 152 Å². The molecule has 0 fully saturated rings. The van der Waals surface area contributed by atoms with E-state index in [1.165, 1.54) is 43.1 Å². The third-order valence-electron chi connectivity index (χ3n) is 10.3. The van der Waals surface area contributed by atoms with Gasteiger partial charge in [-0.2, -0.15) is 0 Å². The van der Waals surface area contributed by atoms with Gasteiger partial charge in [-0.1, -0.05) is 141 Å². The molecule has 0 saturated heterocycles. The van der Waals surface area contributed by atoms with E-state index in [0.29, 0.717) is 0 Å². The summed E-state index contributed by atoms with van der Waals surface area (Å²) >= 11 is 1.76. The highest BCUT2D eigenvalue weighted by Crippen LogP contribution is 2.49. The minimum atomic E-state index is -0.110. The normalized spacial score (nSPS) is 13.2. The Hall–Kier alpha value is -5.97. The van der Waals surface area contributed by atoms with Crippen LogP contribution < -0.4 is 0 Å². The van der Waals surface area contributed by atoms with Crippen LogP contribution in [0.25, 0.3) is 87.4 Å². The maximum absolute atomic E-state index is 5.33. The first-order valence-electron chi connectivity index (χ1n) is 17.0. The Morgan fingerprint density at radius 1 is 0.460 bits per heavy atom. The van der Waals surface area contributed by atoms with Crippen molar-refractivity contribution in [1.82, 2.24) is 15.0 Å². The second-order valence-electron chi connectivity index (χ2n) is 13.6. The molecule has 4 heteroatoms. The Kier molecular flexibility index (Phi) is 6.39. The maximum atomic E-state index is 5.33. The van der Waals surface area contributed by atoms with E-state index in [0.717, 1.165) is 55.4 Å². The van der Waals surface area contributed by atoms with Gasteiger partial charge in [-0.15, -0.1) is 11.3 Å². The topological polar surface area (TPSA) is 38.7 Å². The summed E-state index contributed by atoms with van der Waals surface area (Å²) < 4.78 is 1.26. The second kappa shape index (κ2) is 11.0. The van der Waals surface area contributed by atoms with Crippen LogP contribution in [0, 0.1) is 0 Å². The molecule has 3 heterocycles. The van der Waals surface area contributed by atoms with Crippen molar-refractivity contribution in [3.63, 3.8) is 0 Å². The molecule has 10 rings (SSSR count). The van der Waals surface area contributed by atoms with Crippen molar-refractivity contribution in [2.75, 3.05) is 0 Å². The molecule has 0 unspecified atom stereocenters. The summed E-state index contributed by atoms with van der Waals surface area (Å²) in [6.45, 7) is 4.63. The van der Waals surface area contributed by atoms with Crippen LogP contribution in [0.5, 0.6) is 0 Å². The second-order valence-corrected chi connectivity index (χ2v) is 14.7. The first kappa shape index (κ1) is 29.0. The number of aromatic nitrogens is 3. The van der Waals surface area contributed by atoms with Gasteiger partial charge in [-0.25, -0.2) is 15.0 Å². The molecule has 0 bridgehead atoms. The Labute approximate surface area is 294 Å². The summed E-state index contributed by atoms with van der Waals surface area (Å²) in [5, 5.41) is 4.87. The van der Waals surface area contributed by atoms with Gasteiger partial charge in [-0.3, -0.25) is 0 Å². The molecule has 9 aromatic rings. The number of hydrogen-bond acceptors (Lipinski definition) is 4. The monoisotopic (exact) mass is 657 g/mol. The minimum Gasteiger partial charge on any atom is -0.236 e. The fourth-order valence-electron chi connectivity index (χ4n) is 7.81. The average Bonchev–Trinajstić information content (AvgIpc) is 3.66. The summed E-state index contributed by atoms with van der Waals surface area (Å²) in [5.74, 6) is 0.719. The smallest absolute Gasteiger partial charge is 0.160 e.